The van der Waals surface area contributed by atoms with E-state index in [-0.39, 0.29) is 18.2 Å². The van der Waals surface area contributed by atoms with E-state index in [1.54, 1.807) is 12.1 Å². The van der Waals surface area contributed by atoms with Gasteiger partial charge in [-0.15, -0.1) is 0 Å². The van der Waals surface area contributed by atoms with Gasteiger partial charge in [-0.05, 0) is 36.4 Å². The van der Waals surface area contributed by atoms with E-state index in [4.69, 9.17) is 4.74 Å². The average Bonchev–Trinajstić information content (AvgIpc) is 2.48. The second kappa shape index (κ2) is 6.85. The minimum Gasteiger partial charge on any atom is -0.484 e. The van der Waals surface area contributed by atoms with Crippen LogP contribution in [0.15, 0.2) is 53.0 Å². The van der Waals surface area contributed by atoms with Crippen molar-refractivity contribution in [1.29, 1.82) is 0 Å². The van der Waals surface area contributed by atoms with Crippen molar-refractivity contribution in [3.8, 4) is 5.75 Å². The molecule has 0 aliphatic heterocycles. The van der Waals surface area contributed by atoms with E-state index < -0.39 is 4.92 Å². The van der Waals surface area contributed by atoms with Crippen LogP contribution in [0, 0.1) is 10.1 Å². The molecule has 0 aliphatic carbocycles. The van der Waals surface area contributed by atoms with Crippen LogP contribution in [0.2, 0.25) is 0 Å². The zero-order valence-electron chi connectivity index (χ0n) is 10.8. The van der Waals surface area contributed by atoms with Gasteiger partial charge in [0.05, 0.1) is 4.92 Å². The number of non-ortho nitro benzene ring substituents is 1. The number of benzene rings is 2. The van der Waals surface area contributed by atoms with Crippen molar-refractivity contribution in [2.45, 2.75) is 0 Å². The Bertz CT molecular complexity index is 641. The normalized spacial score (nSPS) is 9.95. The Labute approximate surface area is 129 Å². The molecule has 0 aliphatic rings. The minimum atomic E-state index is -0.496. The molecule has 2 aromatic rings. The highest BCUT2D eigenvalue weighted by Gasteiger charge is 2.06. The molecule has 2 rings (SSSR count). The first-order valence-corrected chi connectivity index (χ1v) is 6.76. The number of nitrogens with zero attached hydrogens (tertiary/aromatic N) is 1. The molecule has 2 aromatic carbocycles. The van der Waals surface area contributed by atoms with Crippen LogP contribution in [-0.4, -0.2) is 17.4 Å². The lowest BCUT2D eigenvalue weighted by Crippen LogP contribution is -2.20. The van der Waals surface area contributed by atoms with Crippen LogP contribution in [0.5, 0.6) is 5.75 Å². The number of anilines is 1. The molecule has 0 saturated carbocycles. The summed E-state index contributed by atoms with van der Waals surface area (Å²) < 4.78 is 6.17. The molecule has 1 amide bonds. The number of hydrogen-bond donors (Lipinski definition) is 1. The van der Waals surface area contributed by atoms with E-state index in [1.165, 1.54) is 24.3 Å². The SMILES string of the molecule is O=C(COc1ccc([N+](=O)[O-])cc1)Nc1ccc(Br)cc1. The third-order valence-corrected chi connectivity index (χ3v) is 3.07. The van der Waals surface area contributed by atoms with Crippen molar-refractivity contribution in [3.63, 3.8) is 0 Å². The van der Waals surface area contributed by atoms with Gasteiger partial charge in [-0.25, -0.2) is 0 Å². The third kappa shape index (κ3) is 4.57. The molecule has 0 bridgehead atoms. The Morgan fingerprint density at radius 2 is 1.76 bits per heavy atom. The van der Waals surface area contributed by atoms with Crippen molar-refractivity contribution in [2.75, 3.05) is 11.9 Å². The maximum Gasteiger partial charge on any atom is 0.269 e. The molecular weight excluding hydrogens is 340 g/mol. The molecular formula is C14H11BrN2O4. The molecule has 108 valence electrons. The van der Waals surface area contributed by atoms with Gasteiger partial charge in [0.15, 0.2) is 6.61 Å². The summed E-state index contributed by atoms with van der Waals surface area (Å²) in [4.78, 5) is 21.7. The Morgan fingerprint density at radius 3 is 2.33 bits per heavy atom. The number of nitro benzene ring substituents is 1. The summed E-state index contributed by atoms with van der Waals surface area (Å²) in [5, 5.41) is 13.2. The Kier molecular flexibility index (Phi) is 4.89. The highest BCUT2D eigenvalue weighted by atomic mass is 79.9. The van der Waals surface area contributed by atoms with Crippen LogP contribution in [0.4, 0.5) is 11.4 Å². The zero-order chi connectivity index (χ0) is 15.2. The Hall–Kier alpha value is -2.41. The number of nitrogens with one attached hydrogen (secondary N) is 1. The predicted molar refractivity (Wildman–Crippen MR) is 81.4 cm³/mol. The fraction of sp³-hybridized carbons (Fsp3) is 0.0714. The van der Waals surface area contributed by atoms with Crippen molar-refractivity contribution in [3.05, 3.63) is 63.1 Å². The monoisotopic (exact) mass is 350 g/mol. The van der Waals surface area contributed by atoms with Gasteiger partial charge in [0, 0.05) is 22.3 Å². The lowest BCUT2D eigenvalue weighted by molar-refractivity contribution is -0.384. The van der Waals surface area contributed by atoms with Gasteiger partial charge < -0.3 is 10.1 Å². The van der Waals surface area contributed by atoms with Gasteiger partial charge in [-0.3, -0.25) is 14.9 Å². The Morgan fingerprint density at radius 1 is 1.14 bits per heavy atom. The molecule has 21 heavy (non-hydrogen) atoms. The molecule has 0 fully saturated rings. The second-order valence-electron chi connectivity index (χ2n) is 4.09. The number of carbonyl (C=O) groups excluding carboxylic acids is 1. The molecule has 0 radical (unpaired) electrons. The smallest absolute Gasteiger partial charge is 0.269 e. The Balaban J connectivity index is 1.86. The van der Waals surface area contributed by atoms with Crippen molar-refractivity contribution in [2.24, 2.45) is 0 Å². The van der Waals surface area contributed by atoms with Crippen molar-refractivity contribution < 1.29 is 14.5 Å². The number of hydrogen-bond acceptors (Lipinski definition) is 4. The van der Waals surface area contributed by atoms with Crippen LogP contribution in [-0.2, 0) is 4.79 Å². The molecule has 0 unspecified atom stereocenters. The lowest BCUT2D eigenvalue weighted by atomic mass is 10.3. The number of amides is 1. The third-order valence-electron chi connectivity index (χ3n) is 2.55. The van der Waals surface area contributed by atoms with Gasteiger partial charge in [-0.1, -0.05) is 15.9 Å². The van der Waals surface area contributed by atoms with Gasteiger partial charge in [0.2, 0.25) is 0 Å². The van der Waals surface area contributed by atoms with E-state index in [0.29, 0.717) is 11.4 Å². The lowest BCUT2D eigenvalue weighted by Gasteiger charge is -2.07. The molecule has 0 saturated heterocycles. The highest BCUT2D eigenvalue weighted by Crippen LogP contribution is 2.17. The number of ether oxygens (including phenoxy) is 1. The molecule has 7 heteroatoms. The minimum absolute atomic E-state index is 0.0262. The van der Waals surface area contributed by atoms with Gasteiger partial charge in [0.1, 0.15) is 5.75 Å². The van der Waals surface area contributed by atoms with Crippen LogP contribution >= 0.6 is 15.9 Å². The van der Waals surface area contributed by atoms with Crippen LogP contribution < -0.4 is 10.1 Å². The number of carbonyl (C=O) groups is 1. The molecule has 6 nitrogen and oxygen atoms in total. The maximum absolute atomic E-state index is 11.7. The largest absolute Gasteiger partial charge is 0.484 e. The first kappa shape index (κ1) is 15.0. The summed E-state index contributed by atoms with van der Waals surface area (Å²) >= 11 is 3.30. The van der Waals surface area contributed by atoms with Crippen molar-refractivity contribution in [1.82, 2.24) is 0 Å². The average molecular weight is 351 g/mol. The van der Waals surface area contributed by atoms with E-state index in [2.05, 4.69) is 21.2 Å². The molecule has 0 aromatic heterocycles. The van der Waals surface area contributed by atoms with Crippen LogP contribution in [0.25, 0.3) is 0 Å². The quantitative estimate of drug-likeness (QED) is 0.661. The first-order chi connectivity index (χ1) is 10.0. The van der Waals surface area contributed by atoms with Gasteiger partial charge in [0.25, 0.3) is 11.6 Å². The zero-order valence-corrected chi connectivity index (χ0v) is 12.4. The number of nitro groups is 1. The summed E-state index contributed by atoms with van der Waals surface area (Å²) in [6, 6.07) is 12.7. The molecule has 0 spiro atoms. The second-order valence-corrected chi connectivity index (χ2v) is 5.01. The molecule has 0 heterocycles. The summed E-state index contributed by atoms with van der Waals surface area (Å²) in [5.74, 6) is 0.0854. The molecule has 1 N–H and O–H groups in total. The van der Waals surface area contributed by atoms with Gasteiger partial charge in [-0.2, -0.15) is 0 Å². The summed E-state index contributed by atoms with van der Waals surface area (Å²) in [5.41, 5.74) is 0.636. The molecule has 0 atom stereocenters. The standard InChI is InChI=1S/C14H11BrN2O4/c15-10-1-3-11(4-2-10)16-14(18)9-21-13-7-5-12(6-8-13)17(19)20/h1-8H,9H2,(H,16,18). The summed E-state index contributed by atoms with van der Waals surface area (Å²) in [6.07, 6.45) is 0. The van der Waals surface area contributed by atoms with E-state index >= 15 is 0 Å². The van der Waals surface area contributed by atoms with Crippen molar-refractivity contribution >= 4 is 33.2 Å². The summed E-state index contributed by atoms with van der Waals surface area (Å²) in [6.45, 7) is -0.173. The van der Waals surface area contributed by atoms with E-state index in [1.807, 2.05) is 12.1 Å². The summed E-state index contributed by atoms with van der Waals surface area (Å²) in [7, 11) is 0. The number of halogens is 1. The van der Waals surface area contributed by atoms with Gasteiger partial charge >= 0.3 is 0 Å². The fourth-order valence-corrected chi connectivity index (χ4v) is 1.81. The fourth-order valence-electron chi connectivity index (χ4n) is 1.54. The first-order valence-electron chi connectivity index (χ1n) is 5.97. The van der Waals surface area contributed by atoms with E-state index in [0.717, 1.165) is 4.47 Å². The topological polar surface area (TPSA) is 81.5 Å². The van der Waals surface area contributed by atoms with Crippen LogP contribution in [0.1, 0.15) is 0 Å². The number of rotatable bonds is 5. The predicted octanol–water partition coefficient (Wildman–Crippen LogP) is 3.37. The highest BCUT2D eigenvalue weighted by molar-refractivity contribution is 9.10. The maximum atomic E-state index is 11.7. The van der Waals surface area contributed by atoms with Crippen LogP contribution in [0.3, 0.4) is 0 Å². The van der Waals surface area contributed by atoms with E-state index in [9.17, 15) is 14.9 Å².